The molecule has 1 unspecified atom stereocenters. The molecule has 2 nitrogen and oxygen atoms in total. The van der Waals surface area contributed by atoms with Crippen molar-refractivity contribution in [2.75, 3.05) is 20.1 Å². The van der Waals surface area contributed by atoms with Crippen LogP contribution in [0.3, 0.4) is 0 Å². The van der Waals surface area contributed by atoms with Crippen LogP contribution in [-0.4, -0.2) is 30.7 Å². The van der Waals surface area contributed by atoms with Gasteiger partial charge in [0, 0.05) is 0 Å². The lowest BCUT2D eigenvalue weighted by Gasteiger charge is -2.42. The molecule has 1 atom stereocenters. The molecule has 2 aliphatic rings. The van der Waals surface area contributed by atoms with Crippen LogP contribution >= 0.6 is 0 Å². The van der Waals surface area contributed by atoms with E-state index >= 15 is 0 Å². The van der Waals surface area contributed by atoms with Crippen molar-refractivity contribution in [3.8, 4) is 0 Å². The van der Waals surface area contributed by atoms with Crippen molar-refractivity contribution in [1.82, 2.24) is 10.2 Å². The summed E-state index contributed by atoms with van der Waals surface area (Å²) >= 11 is 0. The van der Waals surface area contributed by atoms with E-state index < -0.39 is 0 Å². The Kier molecular flexibility index (Phi) is 4.20. The summed E-state index contributed by atoms with van der Waals surface area (Å²) in [5.41, 5.74) is 0.415. The molecule has 2 fully saturated rings. The Morgan fingerprint density at radius 3 is 2.31 bits per heavy atom. The Balaban J connectivity index is 0.000000396. The lowest BCUT2D eigenvalue weighted by Crippen LogP contribution is -2.56. The van der Waals surface area contributed by atoms with Gasteiger partial charge in [0.25, 0.3) is 0 Å². The predicted molar refractivity (Wildman–Crippen MR) is 57.8 cm³/mol. The Labute approximate surface area is 82.7 Å². The van der Waals surface area contributed by atoms with E-state index in [4.69, 9.17) is 0 Å². The number of hydrogen-bond acceptors (Lipinski definition) is 2. The fourth-order valence-electron chi connectivity index (χ4n) is 2.50. The Morgan fingerprint density at radius 1 is 1.08 bits per heavy atom. The minimum absolute atomic E-state index is 0.415. The van der Waals surface area contributed by atoms with Gasteiger partial charge in [-0.05, 0) is 52.2 Å². The highest BCUT2D eigenvalue weighted by Gasteiger charge is 2.38. The third kappa shape index (κ3) is 2.23. The minimum atomic E-state index is 0.415. The molecule has 2 heterocycles. The molecule has 1 N–H and O–H groups in total. The molecular formula is C11H24N2. The zero-order valence-electron chi connectivity index (χ0n) is 9.40. The average molecular weight is 184 g/mol. The molecule has 78 valence electrons. The van der Waals surface area contributed by atoms with Gasteiger partial charge in [-0.3, -0.25) is 10.2 Å². The predicted octanol–water partition coefficient (Wildman–Crippen LogP) is 2.21. The van der Waals surface area contributed by atoms with Crippen LogP contribution in [0.25, 0.3) is 0 Å². The van der Waals surface area contributed by atoms with Gasteiger partial charge in [0.2, 0.25) is 0 Å². The number of likely N-dealkylation sites (tertiary alicyclic amines) is 1. The molecule has 13 heavy (non-hydrogen) atoms. The summed E-state index contributed by atoms with van der Waals surface area (Å²) in [6.45, 7) is 6.51. The smallest absolute Gasteiger partial charge is 0.0710 e. The molecular weight excluding hydrogens is 160 g/mol. The maximum Gasteiger partial charge on any atom is 0.0710 e. The maximum absolute atomic E-state index is 3.65. The summed E-state index contributed by atoms with van der Waals surface area (Å²) in [4.78, 5) is 2.52. The van der Waals surface area contributed by atoms with Crippen LogP contribution in [0.1, 0.15) is 46.0 Å². The molecule has 0 aliphatic carbocycles. The first-order valence-electron chi connectivity index (χ1n) is 5.80. The van der Waals surface area contributed by atoms with Crippen molar-refractivity contribution in [3.63, 3.8) is 0 Å². The standard InChI is InChI=1S/C9H18N2.C2H6/c1-11-8-3-2-5-9(11)6-4-7-10-9;1-2/h10H,2-8H2,1H3;1-2H3. The fourth-order valence-corrected chi connectivity index (χ4v) is 2.50. The lowest BCUT2D eigenvalue weighted by atomic mass is 9.94. The van der Waals surface area contributed by atoms with Crippen LogP contribution in [0, 0.1) is 0 Å². The summed E-state index contributed by atoms with van der Waals surface area (Å²) in [6, 6.07) is 0. The van der Waals surface area contributed by atoms with Crippen molar-refractivity contribution >= 4 is 0 Å². The molecule has 2 aliphatic heterocycles. The Morgan fingerprint density at radius 2 is 1.77 bits per heavy atom. The second kappa shape index (κ2) is 4.97. The monoisotopic (exact) mass is 184 g/mol. The van der Waals surface area contributed by atoms with E-state index in [2.05, 4.69) is 17.3 Å². The number of nitrogens with zero attached hydrogens (tertiary/aromatic N) is 1. The van der Waals surface area contributed by atoms with E-state index in [1.54, 1.807) is 0 Å². The normalized spacial score (nSPS) is 34.4. The molecule has 0 amide bonds. The van der Waals surface area contributed by atoms with Gasteiger partial charge in [0.05, 0.1) is 5.66 Å². The Bertz CT molecular complexity index is 139. The van der Waals surface area contributed by atoms with Crippen molar-refractivity contribution < 1.29 is 0 Å². The van der Waals surface area contributed by atoms with E-state index in [-0.39, 0.29) is 0 Å². The zero-order valence-corrected chi connectivity index (χ0v) is 9.40. The quantitative estimate of drug-likeness (QED) is 0.621. The van der Waals surface area contributed by atoms with Gasteiger partial charge >= 0.3 is 0 Å². The van der Waals surface area contributed by atoms with E-state index in [1.165, 1.54) is 45.2 Å². The second-order valence-electron chi connectivity index (χ2n) is 3.94. The SMILES string of the molecule is CC.CN1CCCCC12CCCN2. The van der Waals surface area contributed by atoms with Crippen molar-refractivity contribution in [2.45, 2.75) is 51.6 Å². The van der Waals surface area contributed by atoms with Gasteiger partial charge in [-0.1, -0.05) is 13.8 Å². The minimum Gasteiger partial charge on any atom is -0.299 e. The summed E-state index contributed by atoms with van der Waals surface area (Å²) in [5, 5.41) is 3.65. The maximum atomic E-state index is 3.65. The van der Waals surface area contributed by atoms with Crippen LogP contribution in [0.2, 0.25) is 0 Å². The summed E-state index contributed by atoms with van der Waals surface area (Å²) in [5.74, 6) is 0. The number of nitrogens with one attached hydrogen (secondary N) is 1. The van der Waals surface area contributed by atoms with Crippen LogP contribution in [-0.2, 0) is 0 Å². The van der Waals surface area contributed by atoms with Crippen LogP contribution in [0.4, 0.5) is 0 Å². The highest BCUT2D eigenvalue weighted by molar-refractivity contribution is 4.93. The van der Waals surface area contributed by atoms with Crippen molar-refractivity contribution in [1.29, 1.82) is 0 Å². The second-order valence-corrected chi connectivity index (χ2v) is 3.94. The first kappa shape index (κ1) is 11.0. The van der Waals surface area contributed by atoms with E-state index in [1.807, 2.05) is 13.8 Å². The van der Waals surface area contributed by atoms with Crippen LogP contribution in [0.5, 0.6) is 0 Å². The van der Waals surface area contributed by atoms with Gasteiger partial charge in [0.15, 0.2) is 0 Å². The fraction of sp³-hybridized carbons (Fsp3) is 1.00. The summed E-state index contributed by atoms with van der Waals surface area (Å²) < 4.78 is 0. The molecule has 0 aromatic rings. The van der Waals surface area contributed by atoms with Gasteiger partial charge in [-0.2, -0.15) is 0 Å². The molecule has 0 aromatic carbocycles. The molecule has 2 saturated heterocycles. The highest BCUT2D eigenvalue weighted by Crippen LogP contribution is 2.31. The molecule has 2 heteroatoms. The average Bonchev–Trinajstić information content (AvgIpc) is 2.64. The van der Waals surface area contributed by atoms with Crippen molar-refractivity contribution in [2.24, 2.45) is 0 Å². The van der Waals surface area contributed by atoms with Gasteiger partial charge < -0.3 is 0 Å². The Hall–Kier alpha value is -0.0800. The highest BCUT2D eigenvalue weighted by atomic mass is 15.3. The van der Waals surface area contributed by atoms with Crippen LogP contribution < -0.4 is 5.32 Å². The van der Waals surface area contributed by atoms with E-state index in [9.17, 15) is 0 Å². The van der Waals surface area contributed by atoms with Crippen molar-refractivity contribution in [3.05, 3.63) is 0 Å². The summed E-state index contributed by atoms with van der Waals surface area (Å²) in [7, 11) is 2.26. The molecule has 0 saturated carbocycles. The molecule has 2 rings (SSSR count). The number of rotatable bonds is 0. The largest absolute Gasteiger partial charge is 0.299 e. The topological polar surface area (TPSA) is 15.3 Å². The zero-order chi connectivity index (χ0) is 9.73. The van der Waals surface area contributed by atoms with E-state index in [0.717, 1.165) is 0 Å². The lowest BCUT2D eigenvalue weighted by molar-refractivity contribution is 0.0588. The molecule has 0 bridgehead atoms. The van der Waals surface area contributed by atoms with E-state index in [0.29, 0.717) is 5.66 Å². The van der Waals surface area contributed by atoms with Gasteiger partial charge in [0.1, 0.15) is 0 Å². The molecule has 0 aromatic heterocycles. The number of hydrogen-bond donors (Lipinski definition) is 1. The third-order valence-corrected chi connectivity index (χ3v) is 3.29. The third-order valence-electron chi connectivity index (χ3n) is 3.29. The first-order valence-corrected chi connectivity index (χ1v) is 5.80. The number of piperidine rings is 1. The summed E-state index contributed by atoms with van der Waals surface area (Å²) in [6.07, 6.45) is 6.90. The molecule has 0 radical (unpaired) electrons. The molecule has 1 spiro atoms. The first-order chi connectivity index (χ1) is 6.33. The van der Waals surface area contributed by atoms with Gasteiger partial charge in [-0.25, -0.2) is 0 Å². The van der Waals surface area contributed by atoms with Gasteiger partial charge in [-0.15, -0.1) is 0 Å². The van der Waals surface area contributed by atoms with Crippen LogP contribution in [0.15, 0.2) is 0 Å².